The molecule has 1 aromatic heterocycles. The fraction of sp³-hybridized carbons (Fsp3) is 0. The van der Waals surface area contributed by atoms with Crippen LogP contribution in [0.2, 0.25) is 0 Å². The van der Waals surface area contributed by atoms with Crippen molar-refractivity contribution in [2.75, 3.05) is 0 Å². The summed E-state index contributed by atoms with van der Waals surface area (Å²) in [6, 6.07) is 29.0. The van der Waals surface area contributed by atoms with Crippen molar-refractivity contribution >= 4 is 27.6 Å². The van der Waals surface area contributed by atoms with E-state index in [1.165, 1.54) is 16.9 Å². The van der Waals surface area contributed by atoms with Crippen LogP contribution in [-0.4, -0.2) is 10.7 Å². The van der Waals surface area contributed by atoms with Gasteiger partial charge in [-0.15, -0.1) is 0 Å². The third-order valence-corrected chi connectivity index (χ3v) is 4.99. The molecule has 4 aromatic carbocycles. The molecule has 0 fully saturated rings. The summed E-state index contributed by atoms with van der Waals surface area (Å²) in [5.41, 5.74) is 2.67. The molecule has 0 aliphatic rings. The Balaban J connectivity index is 1.73. The van der Waals surface area contributed by atoms with Crippen molar-refractivity contribution in [1.29, 1.82) is 0 Å². The van der Waals surface area contributed by atoms with Gasteiger partial charge < -0.3 is 4.84 Å². The van der Waals surface area contributed by atoms with Crippen molar-refractivity contribution in [2.45, 2.75) is 0 Å². The summed E-state index contributed by atoms with van der Waals surface area (Å²) in [6.07, 6.45) is 0. The highest BCUT2D eigenvalue weighted by molar-refractivity contribution is 6.08. The number of hydrogen-bond acceptors (Lipinski definition) is 2. The SMILES string of the molecule is O=C(On1c(-c2ccc(F)cc2)cc2c3ccccc3ccc21)c1ccccc1. The molecule has 140 valence electrons. The van der Waals surface area contributed by atoms with Crippen LogP contribution in [0.1, 0.15) is 10.4 Å². The van der Waals surface area contributed by atoms with E-state index in [-0.39, 0.29) is 5.82 Å². The van der Waals surface area contributed by atoms with E-state index in [4.69, 9.17) is 4.84 Å². The molecule has 1 heterocycles. The van der Waals surface area contributed by atoms with Gasteiger partial charge in [0.2, 0.25) is 0 Å². The van der Waals surface area contributed by atoms with Gasteiger partial charge >= 0.3 is 5.97 Å². The number of hydrogen-bond donors (Lipinski definition) is 0. The molecule has 0 unspecified atom stereocenters. The van der Waals surface area contributed by atoms with Crippen LogP contribution in [0, 0.1) is 5.82 Å². The van der Waals surface area contributed by atoms with E-state index in [0.717, 1.165) is 27.2 Å². The van der Waals surface area contributed by atoms with Gasteiger partial charge in [0, 0.05) is 10.9 Å². The lowest BCUT2D eigenvalue weighted by molar-refractivity contribution is 0.0490. The lowest BCUT2D eigenvalue weighted by Gasteiger charge is -2.11. The molecule has 29 heavy (non-hydrogen) atoms. The minimum atomic E-state index is -0.459. The van der Waals surface area contributed by atoms with Crippen LogP contribution in [0.3, 0.4) is 0 Å². The Morgan fingerprint density at radius 3 is 2.28 bits per heavy atom. The maximum Gasteiger partial charge on any atom is 0.363 e. The van der Waals surface area contributed by atoms with E-state index in [1.54, 1.807) is 36.4 Å². The molecule has 0 bridgehead atoms. The first-order valence-electron chi connectivity index (χ1n) is 9.27. The van der Waals surface area contributed by atoms with Crippen LogP contribution < -0.4 is 4.84 Å². The lowest BCUT2D eigenvalue weighted by Crippen LogP contribution is -2.20. The number of carbonyl (C=O) groups is 1. The van der Waals surface area contributed by atoms with Crippen molar-refractivity contribution in [2.24, 2.45) is 0 Å². The Morgan fingerprint density at radius 2 is 1.48 bits per heavy atom. The number of aromatic nitrogens is 1. The highest BCUT2D eigenvalue weighted by Crippen LogP contribution is 2.32. The summed E-state index contributed by atoms with van der Waals surface area (Å²) in [4.78, 5) is 18.6. The first-order chi connectivity index (χ1) is 14.2. The number of nitrogens with zero attached hydrogens (tertiary/aromatic N) is 1. The quantitative estimate of drug-likeness (QED) is 0.391. The summed E-state index contributed by atoms with van der Waals surface area (Å²) in [5.74, 6) is -0.775. The summed E-state index contributed by atoms with van der Waals surface area (Å²) in [5, 5.41) is 3.11. The topological polar surface area (TPSA) is 31.2 Å². The molecule has 0 saturated heterocycles. The lowest BCUT2D eigenvalue weighted by atomic mass is 10.1. The van der Waals surface area contributed by atoms with Gasteiger partial charge in [-0.1, -0.05) is 48.5 Å². The maximum absolute atomic E-state index is 13.5. The third-order valence-electron chi connectivity index (χ3n) is 4.99. The monoisotopic (exact) mass is 381 g/mol. The molecular formula is C25H16FNO2. The molecule has 0 amide bonds. The van der Waals surface area contributed by atoms with E-state index < -0.39 is 5.97 Å². The summed E-state index contributed by atoms with van der Waals surface area (Å²) < 4.78 is 15.0. The van der Waals surface area contributed by atoms with Crippen LogP contribution in [0.5, 0.6) is 0 Å². The molecule has 4 heteroatoms. The van der Waals surface area contributed by atoms with Crippen LogP contribution in [0.25, 0.3) is 32.9 Å². The standard InChI is InChI=1S/C25H16FNO2/c26-20-13-10-18(11-14-20)24-16-22-21-9-5-4-6-17(21)12-15-23(22)27(24)29-25(28)19-7-2-1-3-8-19/h1-16H. The van der Waals surface area contributed by atoms with Crippen molar-refractivity contribution in [3.63, 3.8) is 0 Å². The maximum atomic E-state index is 13.5. The normalized spacial score (nSPS) is 11.1. The second kappa shape index (κ2) is 6.91. The van der Waals surface area contributed by atoms with Gasteiger partial charge in [-0.2, -0.15) is 4.73 Å². The van der Waals surface area contributed by atoms with Gasteiger partial charge in [-0.3, -0.25) is 0 Å². The third kappa shape index (κ3) is 3.05. The number of fused-ring (bicyclic) bond motifs is 3. The van der Waals surface area contributed by atoms with E-state index in [2.05, 4.69) is 0 Å². The van der Waals surface area contributed by atoms with Crippen LogP contribution in [0.4, 0.5) is 4.39 Å². The Bertz CT molecular complexity index is 1340. The predicted octanol–water partition coefficient (Wildman–Crippen LogP) is 5.87. The van der Waals surface area contributed by atoms with Crippen LogP contribution in [0.15, 0.2) is 97.1 Å². The fourth-order valence-corrected chi connectivity index (χ4v) is 3.57. The largest absolute Gasteiger partial charge is 0.363 e. The first-order valence-corrected chi connectivity index (χ1v) is 9.27. The van der Waals surface area contributed by atoms with E-state index in [0.29, 0.717) is 11.3 Å². The molecule has 5 rings (SSSR count). The molecule has 0 spiro atoms. The smallest absolute Gasteiger partial charge is 0.330 e. The molecule has 0 saturated carbocycles. The van der Waals surface area contributed by atoms with Crippen molar-refractivity contribution in [1.82, 2.24) is 4.73 Å². The molecular weight excluding hydrogens is 365 g/mol. The minimum Gasteiger partial charge on any atom is -0.330 e. The number of benzene rings is 4. The zero-order valence-electron chi connectivity index (χ0n) is 15.4. The Hall–Kier alpha value is -3.92. The number of halogens is 1. The van der Waals surface area contributed by atoms with Crippen LogP contribution in [-0.2, 0) is 0 Å². The highest BCUT2D eigenvalue weighted by atomic mass is 19.1. The Morgan fingerprint density at radius 1 is 0.759 bits per heavy atom. The van der Waals surface area contributed by atoms with E-state index in [1.807, 2.05) is 48.5 Å². The van der Waals surface area contributed by atoms with Gasteiger partial charge in [0.25, 0.3) is 0 Å². The molecule has 5 aromatic rings. The minimum absolute atomic E-state index is 0.317. The van der Waals surface area contributed by atoms with Gasteiger partial charge in [0.1, 0.15) is 5.82 Å². The highest BCUT2D eigenvalue weighted by Gasteiger charge is 2.17. The van der Waals surface area contributed by atoms with Gasteiger partial charge in [-0.05, 0) is 59.3 Å². The van der Waals surface area contributed by atoms with Crippen molar-refractivity contribution < 1.29 is 14.0 Å². The van der Waals surface area contributed by atoms with Crippen molar-refractivity contribution in [3.05, 3.63) is 108 Å². The molecule has 0 N–H and O–H groups in total. The fourth-order valence-electron chi connectivity index (χ4n) is 3.57. The zero-order chi connectivity index (χ0) is 19.8. The summed E-state index contributed by atoms with van der Waals surface area (Å²) in [7, 11) is 0. The molecule has 0 radical (unpaired) electrons. The second-order valence-electron chi connectivity index (χ2n) is 6.80. The molecule has 0 atom stereocenters. The Kier molecular flexibility index (Phi) is 4.10. The van der Waals surface area contributed by atoms with Gasteiger partial charge in [-0.25, -0.2) is 9.18 Å². The average Bonchev–Trinajstić information content (AvgIpc) is 3.13. The molecule has 0 aliphatic heterocycles. The van der Waals surface area contributed by atoms with E-state index >= 15 is 0 Å². The Labute approximate surface area is 166 Å². The molecule has 0 aliphatic carbocycles. The molecule has 3 nitrogen and oxygen atoms in total. The zero-order valence-corrected chi connectivity index (χ0v) is 15.4. The predicted molar refractivity (Wildman–Crippen MR) is 112 cm³/mol. The van der Waals surface area contributed by atoms with Crippen molar-refractivity contribution in [3.8, 4) is 11.3 Å². The van der Waals surface area contributed by atoms with Gasteiger partial charge in [0.05, 0.1) is 16.8 Å². The number of carbonyl (C=O) groups excluding carboxylic acids is 1. The first kappa shape index (κ1) is 17.2. The summed E-state index contributed by atoms with van der Waals surface area (Å²) in [6.45, 7) is 0. The van der Waals surface area contributed by atoms with Crippen LogP contribution >= 0.6 is 0 Å². The second-order valence-corrected chi connectivity index (χ2v) is 6.80. The van der Waals surface area contributed by atoms with E-state index in [9.17, 15) is 9.18 Å². The number of rotatable bonds is 3. The summed E-state index contributed by atoms with van der Waals surface area (Å²) >= 11 is 0. The average molecular weight is 381 g/mol. The van der Waals surface area contributed by atoms with Gasteiger partial charge in [0.15, 0.2) is 0 Å².